The smallest absolute Gasteiger partial charge is 0.339 e. The predicted octanol–water partition coefficient (Wildman–Crippen LogP) is 4.18. The lowest BCUT2D eigenvalue weighted by Crippen LogP contribution is -2.17. The molecule has 0 saturated heterocycles. The molecule has 0 unspecified atom stereocenters. The van der Waals surface area contributed by atoms with E-state index in [0.717, 1.165) is 0 Å². The number of carbonyl (C=O) groups is 2. The Labute approximate surface area is 198 Å². The van der Waals surface area contributed by atoms with Gasteiger partial charge in [-0.05, 0) is 75.2 Å². The molecule has 2 aromatic carbocycles. The summed E-state index contributed by atoms with van der Waals surface area (Å²) in [4.78, 5) is 27.8. The van der Waals surface area contributed by atoms with Crippen LogP contribution in [0.3, 0.4) is 0 Å². The van der Waals surface area contributed by atoms with E-state index in [4.69, 9.17) is 9.47 Å². The summed E-state index contributed by atoms with van der Waals surface area (Å²) < 4.78 is 38.8. The van der Waals surface area contributed by atoms with Gasteiger partial charge in [0.25, 0.3) is 15.9 Å². The van der Waals surface area contributed by atoms with Crippen LogP contribution in [0, 0.1) is 20.8 Å². The van der Waals surface area contributed by atoms with Crippen LogP contribution in [0.2, 0.25) is 0 Å². The fourth-order valence-corrected chi connectivity index (χ4v) is 4.87. The van der Waals surface area contributed by atoms with Crippen LogP contribution in [0.15, 0.2) is 47.4 Å². The first-order chi connectivity index (χ1) is 16.1. The van der Waals surface area contributed by atoms with Gasteiger partial charge < -0.3 is 19.8 Å². The minimum Gasteiger partial charge on any atom is -0.494 e. The molecule has 0 radical (unpaired) electrons. The zero-order valence-electron chi connectivity index (χ0n) is 19.6. The first kappa shape index (κ1) is 24.8. The van der Waals surface area contributed by atoms with Crippen molar-refractivity contribution >= 4 is 33.3 Å². The molecule has 1 amide bonds. The molecule has 0 atom stereocenters. The summed E-state index contributed by atoms with van der Waals surface area (Å²) in [5.74, 6) is -0.423. The largest absolute Gasteiger partial charge is 0.494 e. The monoisotopic (exact) mass is 485 g/mol. The summed E-state index contributed by atoms with van der Waals surface area (Å²) in [6.45, 7) is 7.34. The Morgan fingerprint density at radius 2 is 1.65 bits per heavy atom. The van der Waals surface area contributed by atoms with Crippen LogP contribution >= 0.6 is 0 Å². The van der Waals surface area contributed by atoms with Crippen LogP contribution < -0.4 is 14.8 Å². The van der Waals surface area contributed by atoms with Gasteiger partial charge in [-0.25, -0.2) is 13.2 Å². The number of H-pyrrole nitrogens is 1. The van der Waals surface area contributed by atoms with Gasteiger partial charge >= 0.3 is 5.97 Å². The first-order valence-electron chi connectivity index (χ1n) is 10.5. The Balaban J connectivity index is 1.85. The molecule has 10 heteroatoms. The molecule has 0 saturated carbocycles. The van der Waals surface area contributed by atoms with Crippen molar-refractivity contribution in [2.75, 3.05) is 23.8 Å². The fraction of sp³-hybridized carbons (Fsp3) is 0.250. The average Bonchev–Trinajstić information content (AvgIpc) is 3.09. The zero-order valence-corrected chi connectivity index (χ0v) is 20.4. The van der Waals surface area contributed by atoms with Gasteiger partial charge in [-0.1, -0.05) is 6.07 Å². The van der Waals surface area contributed by atoms with E-state index in [0.29, 0.717) is 40.4 Å². The number of aromatic amines is 1. The third-order valence-corrected chi connectivity index (χ3v) is 6.73. The van der Waals surface area contributed by atoms with Crippen molar-refractivity contribution in [3.8, 4) is 5.75 Å². The molecular weight excluding hydrogens is 458 g/mol. The average molecular weight is 486 g/mol. The number of methoxy groups -OCH3 is 1. The van der Waals surface area contributed by atoms with Crippen molar-refractivity contribution < 1.29 is 27.5 Å². The maximum absolute atomic E-state index is 13.0. The Hall–Kier alpha value is -3.79. The van der Waals surface area contributed by atoms with Gasteiger partial charge in [0.2, 0.25) is 0 Å². The van der Waals surface area contributed by atoms with E-state index in [9.17, 15) is 18.0 Å². The highest BCUT2D eigenvalue weighted by Crippen LogP contribution is 2.25. The summed E-state index contributed by atoms with van der Waals surface area (Å²) in [6, 6.07) is 11.2. The number of hydrogen-bond donors (Lipinski definition) is 3. The lowest BCUT2D eigenvalue weighted by molar-refractivity contribution is 0.0599. The molecule has 0 aliphatic carbocycles. The van der Waals surface area contributed by atoms with Gasteiger partial charge in [0.15, 0.2) is 0 Å². The van der Waals surface area contributed by atoms with Gasteiger partial charge in [0.1, 0.15) is 11.4 Å². The van der Waals surface area contributed by atoms with E-state index in [2.05, 4.69) is 15.0 Å². The maximum Gasteiger partial charge on any atom is 0.339 e. The molecule has 180 valence electrons. The van der Waals surface area contributed by atoms with Crippen molar-refractivity contribution in [1.82, 2.24) is 4.98 Å². The van der Waals surface area contributed by atoms with Gasteiger partial charge in [-0.3, -0.25) is 9.52 Å². The van der Waals surface area contributed by atoms with Crippen molar-refractivity contribution in [2.45, 2.75) is 32.6 Å². The highest BCUT2D eigenvalue weighted by atomic mass is 32.2. The van der Waals surface area contributed by atoms with Crippen LogP contribution in [0.4, 0.5) is 11.4 Å². The number of aromatic nitrogens is 1. The molecular formula is C24H27N3O6S. The summed E-state index contributed by atoms with van der Waals surface area (Å²) in [7, 11) is -2.66. The van der Waals surface area contributed by atoms with E-state index in [1.807, 2.05) is 6.92 Å². The second-order valence-corrected chi connectivity index (χ2v) is 9.26. The second kappa shape index (κ2) is 10.0. The van der Waals surface area contributed by atoms with E-state index < -0.39 is 21.9 Å². The van der Waals surface area contributed by atoms with Gasteiger partial charge in [-0.15, -0.1) is 0 Å². The fourth-order valence-electron chi connectivity index (χ4n) is 3.54. The summed E-state index contributed by atoms with van der Waals surface area (Å²) in [6.07, 6.45) is 0. The molecule has 0 aliphatic heterocycles. The topological polar surface area (TPSA) is 127 Å². The highest BCUT2D eigenvalue weighted by Gasteiger charge is 2.23. The minimum atomic E-state index is -3.93. The van der Waals surface area contributed by atoms with Gasteiger partial charge in [0, 0.05) is 17.1 Å². The Bertz CT molecular complexity index is 1330. The molecule has 3 N–H and O–H groups in total. The number of rotatable bonds is 8. The zero-order chi connectivity index (χ0) is 25.0. The van der Waals surface area contributed by atoms with Crippen LogP contribution in [-0.4, -0.2) is 39.0 Å². The maximum atomic E-state index is 13.0. The van der Waals surface area contributed by atoms with Gasteiger partial charge in [-0.2, -0.15) is 0 Å². The third-order valence-electron chi connectivity index (χ3n) is 5.21. The lowest BCUT2D eigenvalue weighted by Gasteiger charge is -2.13. The number of ether oxygens (including phenoxy) is 2. The predicted molar refractivity (Wildman–Crippen MR) is 129 cm³/mol. The molecule has 3 aromatic rings. The first-order valence-corrected chi connectivity index (χ1v) is 12.0. The minimum absolute atomic E-state index is 0.0221. The van der Waals surface area contributed by atoms with E-state index >= 15 is 0 Å². The molecule has 1 heterocycles. The summed E-state index contributed by atoms with van der Waals surface area (Å²) >= 11 is 0. The van der Waals surface area contributed by atoms with Crippen molar-refractivity contribution in [3.63, 3.8) is 0 Å². The molecule has 0 spiro atoms. The second-order valence-electron chi connectivity index (χ2n) is 7.61. The van der Waals surface area contributed by atoms with Crippen LogP contribution in [0.25, 0.3) is 0 Å². The number of aryl methyl sites for hydroxylation is 2. The number of nitrogens with one attached hydrogen (secondary N) is 3. The van der Waals surface area contributed by atoms with Crippen LogP contribution in [0.1, 0.15) is 44.6 Å². The van der Waals surface area contributed by atoms with E-state index in [1.54, 1.807) is 57.2 Å². The number of sulfonamides is 1. The van der Waals surface area contributed by atoms with Crippen molar-refractivity contribution in [1.29, 1.82) is 0 Å². The van der Waals surface area contributed by atoms with Crippen LogP contribution in [0.5, 0.6) is 5.75 Å². The molecule has 0 fully saturated rings. The van der Waals surface area contributed by atoms with Crippen molar-refractivity contribution in [2.24, 2.45) is 0 Å². The highest BCUT2D eigenvalue weighted by molar-refractivity contribution is 7.92. The number of hydrogen-bond acceptors (Lipinski definition) is 6. The summed E-state index contributed by atoms with van der Waals surface area (Å²) in [5, 5.41) is 2.69. The SMILES string of the molecule is CCOc1ccc(NS(=O)(=O)c2cc(NC(=O)c3[nH]c(C)c(C(=O)OC)c3C)ccc2C)cc1. The Kier molecular flexibility index (Phi) is 7.31. The molecule has 3 rings (SSSR count). The number of amides is 1. The summed E-state index contributed by atoms with van der Waals surface area (Å²) in [5.41, 5.74) is 2.60. The van der Waals surface area contributed by atoms with Crippen LogP contribution in [-0.2, 0) is 14.8 Å². The molecule has 0 bridgehead atoms. The Morgan fingerprint density at radius 1 is 1.00 bits per heavy atom. The molecule has 1 aromatic heterocycles. The standard InChI is InChI=1S/C24H27N3O6S/c1-6-33-19-11-9-17(10-12-19)27-34(30,31)20-13-18(8-7-14(20)2)26-23(28)22-15(3)21(16(4)25-22)24(29)32-5/h7-13,25,27H,6H2,1-5H3,(H,26,28). The lowest BCUT2D eigenvalue weighted by atomic mass is 10.1. The number of esters is 1. The molecule has 0 aliphatic rings. The number of carbonyl (C=O) groups excluding carboxylic acids is 2. The van der Waals surface area contributed by atoms with E-state index in [-0.39, 0.29) is 16.3 Å². The normalized spacial score (nSPS) is 11.1. The molecule has 34 heavy (non-hydrogen) atoms. The molecule has 9 nitrogen and oxygen atoms in total. The third kappa shape index (κ3) is 5.23. The number of anilines is 2. The number of benzene rings is 2. The van der Waals surface area contributed by atoms with Crippen molar-refractivity contribution in [3.05, 3.63) is 70.5 Å². The quantitative estimate of drug-likeness (QED) is 0.411. The Morgan fingerprint density at radius 3 is 2.26 bits per heavy atom. The van der Waals surface area contributed by atoms with Gasteiger partial charge in [0.05, 0.1) is 24.2 Å². The van der Waals surface area contributed by atoms with E-state index in [1.165, 1.54) is 13.2 Å².